The highest BCUT2D eigenvalue weighted by atomic mass is 16.5. The Kier molecular flexibility index (Phi) is 4.93. The van der Waals surface area contributed by atoms with Crippen molar-refractivity contribution in [2.45, 2.75) is 19.8 Å². The molecule has 0 atom stereocenters. The standard InChI is InChI=1S/C19H21NO3/c1-2-11-20-12-6-13-22-16-9-5-10-17-18(16)19(21)14-7-3-4-8-15(14)23-17/h3-5,7-10,20H,2,6,11-13H2,1H3. The minimum Gasteiger partial charge on any atom is -0.493 e. The van der Waals surface area contributed by atoms with E-state index in [2.05, 4.69) is 12.2 Å². The number of para-hydroxylation sites is 1. The smallest absolute Gasteiger partial charge is 0.204 e. The van der Waals surface area contributed by atoms with Crippen LogP contribution in [0.4, 0.5) is 0 Å². The second-order valence-corrected chi connectivity index (χ2v) is 5.51. The molecule has 0 amide bonds. The summed E-state index contributed by atoms with van der Waals surface area (Å²) in [6.45, 7) is 4.64. The normalized spacial score (nSPS) is 11.2. The van der Waals surface area contributed by atoms with Gasteiger partial charge in [0.15, 0.2) is 0 Å². The lowest BCUT2D eigenvalue weighted by molar-refractivity contribution is 0.311. The molecule has 3 rings (SSSR count). The Labute approximate surface area is 135 Å². The van der Waals surface area contributed by atoms with Crippen LogP contribution in [0.3, 0.4) is 0 Å². The molecule has 0 spiro atoms. The average molecular weight is 311 g/mol. The van der Waals surface area contributed by atoms with Crippen LogP contribution in [0.1, 0.15) is 19.8 Å². The average Bonchev–Trinajstić information content (AvgIpc) is 2.58. The fourth-order valence-corrected chi connectivity index (χ4v) is 2.62. The maximum Gasteiger partial charge on any atom is 0.204 e. The van der Waals surface area contributed by atoms with Crippen molar-refractivity contribution in [3.05, 3.63) is 52.7 Å². The number of nitrogens with one attached hydrogen (secondary N) is 1. The summed E-state index contributed by atoms with van der Waals surface area (Å²) >= 11 is 0. The van der Waals surface area contributed by atoms with E-state index >= 15 is 0 Å². The summed E-state index contributed by atoms with van der Waals surface area (Å²) in [7, 11) is 0. The molecule has 1 aromatic heterocycles. The third kappa shape index (κ3) is 3.37. The zero-order valence-electron chi connectivity index (χ0n) is 13.3. The van der Waals surface area contributed by atoms with Gasteiger partial charge in [-0.3, -0.25) is 4.79 Å². The van der Waals surface area contributed by atoms with E-state index in [0.717, 1.165) is 25.9 Å². The zero-order valence-corrected chi connectivity index (χ0v) is 13.3. The number of benzene rings is 2. The molecule has 0 unspecified atom stereocenters. The van der Waals surface area contributed by atoms with Crippen molar-refractivity contribution in [2.24, 2.45) is 0 Å². The molecular weight excluding hydrogens is 290 g/mol. The predicted molar refractivity (Wildman–Crippen MR) is 93.3 cm³/mol. The first-order valence-corrected chi connectivity index (χ1v) is 8.09. The summed E-state index contributed by atoms with van der Waals surface area (Å²) in [4.78, 5) is 12.7. The molecule has 0 aliphatic heterocycles. The van der Waals surface area contributed by atoms with Gasteiger partial charge in [-0.2, -0.15) is 0 Å². The number of rotatable bonds is 7. The minimum absolute atomic E-state index is 0.0402. The van der Waals surface area contributed by atoms with Crippen molar-refractivity contribution in [3.63, 3.8) is 0 Å². The quantitative estimate of drug-likeness (QED) is 0.534. The molecule has 120 valence electrons. The van der Waals surface area contributed by atoms with Crippen LogP contribution in [0.5, 0.6) is 5.75 Å². The first kappa shape index (κ1) is 15.6. The molecule has 0 aliphatic rings. The van der Waals surface area contributed by atoms with Gasteiger partial charge < -0.3 is 14.5 Å². The zero-order chi connectivity index (χ0) is 16.1. The van der Waals surface area contributed by atoms with Crippen LogP contribution in [0.25, 0.3) is 21.9 Å². The molecule has 4 heteroatoms. The summed E-state index contributed by atoms with van der Waals surface area (Å²) < 4.78 is 11.7. The Morgan fingerprint density at radius 1 is 1.04 bits per heavy atom. The molecular formula is C19H21NO3. The summed E-state index contributed by atoms with van der Waals surface area (Å²) in [6.07, 6.45) is 2.02. The van der Waals surface area contributed by atoms with Gasteiger partial charge in [0.25, 0.3) is 0 Å². The van der Waals surface area contributed by atoms with E-state index in [1.165, 1.54) is 0 Å². The lowest BCUT2D eigenvalue weighted by Gasteiger charge is -2.09. The highest BCUT2D eigenvalue weighted by Gasteiger charge is 2.11. The Balaban J connectivity index is 1.86. The second kappa shape index (κ2) is 7.29. The van der Waals surface area contributed by atoms with Crippen molar-refractivity contribution in [1.29, 1.82) is 0 Å². The van der Waals surface area contributed by atoms with Crippen LogP contribution in [0, 0.1) is 0 Å². The highest BCUT2D eigenvalue weighted by molar-refractivity contribution is 5.93. The van der Waals surface area contributed by atoms with Crippen LogP contribution in [-0.4, -0.2) is 19.7 Å². The largest absolute Gasteiger partial charge is 0.493 e. The minimum atomic E-state index is -0.0402. The van der Waals surface area contributed by atoms with E-state index in [1.807, 2.05) is 30.3 Å². The monoisotopic (exact) mass is 311 g/mol. The highest BCUT2D eigenvalue weighted by Crippen LogP contribution is 2.26. The van der Waals surface area contributed by atoms with Crippen molar-refractivity contribution >= 4 is 21.9 Å². The molecule has 0 aliphatic carbocycles. The van der Waals surface area contributed by atoms with E-state index in [1.54, 1.807) is 12.1 Å². The van der Waals surface area contributed by atoms with E-state index in [0.29, 0.717) is 34.3 Å². The van der Waals surface area contributed by atoms with Gasteiger partial charge in [-0.15, -0.1) is 0 Å². The number of ether oxygens (including phenoxy) is 1. The summed E-state index contributed by atoms with van der Waals surface area (Å²) in [5, 5.41) is 4.44. The van der Waals surface area contributed by atoms with Gasteiger partial charge in [-0.05, 0) is 50.2 Å². The summed E-state index contributed by atoms with van der Waals surface area (Å²) in [5.74, 6) is 0.595. The molecule has 2 aromatic carbocycles. The van der Waals surface area contributed by atoms with Crippen LogP contribution < -0.4 is 15.5 Å². The Morgan fingerprint density at radius 2 is 1.87 bits per heavy atom. The molecule has 0 saturated heterocycles. The fourth-order valence-electron chi connectivity index (χ4n) is 2.62. The van der Waals surface area contributed by atoms with Crippen molar-refractivity contribution < 1.29 is 9.15 Å². The molecule has 0 radical (unpaired) electrons. The Morgan fingerprint density at radius 3 is 2.74 bits per heavy atom. The molecule has 1 heterocycles. The maximum absolute atomic E-state index is 12.7. The first-order chi connectivity index (χ1) is 11.3. The van der Waals surface area contributed by atoms with Gasteiger partial charge in [0.2, 0.25) is 5.43 Å². The lowest BCUT2D eigenvalue weighted by atomic mass is 10.1. The molecule has 0 fully saturated rings. The fraction of sp³-hybridized carbons (Fsp3) is 0.316. The molecule has 1 N–H and O–H groups in total. The number of hydrogen-bond donors (Lipinski definition) is 1. The van der Waals surface area contributed by atoms with E-state index in [4.69, 9.17) is 9.15 Å². The number of hydrogen-bond acceptors (Lipinski definition) is 4. The topological polar surface area (TPSA) is 51.5 Å². The summed E-state index contributed by atoms with van der Waals surface area (Å²) in [6, 6.07) is 12.8. The molecule has 0 saturated carbocycles. The maximum atomic E-state index is 12.7. The van der Waals surface area contributed by atoms with Crippen molar-refractivity contribution in [1.82, 2.24) is 5.32 Å². The SMILES string of the molecule is CCCNCCCOc1cccc2oc3ccccc3c(=O)c12. The van der Waals surface area contributed by atoms with Crippen molar-refractivity contribution in [3.8, 4) is 5.75 Å². The second-order valence-electron chi connectivity index (χ2n) is 5.51. The summed E-state index contributed by atoms with van der Waals surface area (Å²) in [5.41, 5.74) is 1.13. The van der Waals surface area contributed by atoms with Gasteiger partial charge >= 0.3 is 0 Å². The molecule has 4 nitrogen and oxygen atoms in total. The van der Waals surface area contributed by atoms with Crippen LogP contribution in [0.2, 0.25) is 0 Å². The molecule has 23 heavy (non-hydrogen) atoms. The van der Waals surface area contributed by atoms with Crippen LogP contribution >= 0.6 is 0 Å². The third-order valence-corrected chi connectivity index (χ3v) is 3.75. The van der Waals surface area contributed by atoms with Gasteiger partial charge in [0.1, 0.15) is 22.3 Å². The van der Waals surface area contributed by atoms with E-state index < -0.39 is 0 Å². The predicted octanol–water partition coefficient (Wildman–Crippen LogP) is 3.71. The Hall–Kier alpha value is -2.33. The van der Waals surface area contributed by atoms with Gasteiger partial charge in [-0.1, -0.05) is 25.1 Å². The van der Waals surface area contributed by atoms with Gasteiger partial charge in [-0.25, -0.2) is 0 Å². The van der Waals surface area contributed by atoms with Crippen LogP contribution in [0.15, 0.2) is 51.7 Å². The number of fused-ring (bicyclic) bond motifs is 2. The first-order valence-electron chi connectivity index (χ1n) is 8.09. The third-order valence-electron chi connectivity index (χ3n) is 3.75. The van der Waals surface area contributed by atoms with E-state index in [9.17, 15) is 4.79 Å². The molecule has 3 aromatic rings. The van der Waals surface area contributed by atoms with Gasteiger partial charge in [0.05, 0.1) is 12.0 Å². The van der Waals surface area contributed by atoms with Gasteiger partial charge in [0, 0.05) is 0 Å². The van der Waals surface area contributed by atoms with E-state index in [-0.39, 0.29) is 5.43 Å². The van der Waals surface area contributed by atoms with Crippen molar-refractivity contribution in [2.75, 3.05) is 19.7 Å². The lowest BCUT2D eigenvalue weighted by Crippen LogP contribution is -2.18. The van der Waals surface area contributed by atoms with Crippen LogP contribution in [-0.2, 0) is 0 Å². The molecule has 0 bridgehead atoms. The Bertz CT molecular complexity index is 854.